The molecular weight excluding hydrogens is 1860 g/mol. The van der Waals surface area contributed by atoms with E-state index in [-0.39, 0.29) is 186 Å². The van der Waals surface area contributed by atoms with Crippen LogP contribution in [0.5, 0.6) is 0 Å². The number of fused-ring (bicyclic) bond motifs is 14. The standard InChI is InChI=1S/C14H20O4.C12H20O4.C10H16O5.C10H16O4.2C9H12O2.C7H10O3.C7H10O2.4C7H14O2.C2H6O/c1-4-14(2,3)13(16)18-10-7-5-8-9(6-7)12(15)17-11(8)10;1-5-11(2,3)10(14)16-12(4)6-7-15-9(13)8-12;1-4-10(2,3)8(11)13-5-7-6-14-9(12)15-7;1-4-10(2,3)9(12)14-7-5-8(11)13-6-7;2*10-9-8-6-2-1-5(3-6)7(8)4-11-9;8-7-9-5-3-1-2-4-6(5)10-7;8-7-5-2-1-3-6(4-5)9-7;4*1-5-7(2,3)6(8)9-4;1-3-2/h7-11H,4-6H2,1-3H3;5-8H2,1-4H3;7H,4-6H2,1-3H3;7H,4-6H2,1-3H3;2*5-8H,1-4H2;5-6H,1-4H2;5-6H,1-4H2;4*5H2,1-4H3;1-2H3. The lowest BCUT2D eigenvalue weighted by molar-refractivity contribution is -0.182. The Morgan fingerprint density at radius 3 is 1.14 bits per heavy atom. The fraction of sp³-hybridized carbons (Fsp3) is 0.852. The summed E-state index contributed by atoms with van der Waals surface area (Å²) in [4.78, 5) is 178. The van der Waals surface area contributed by atoms with Crippen LogP contribution in [0.15, 0.2) is 0 Å². The van der Waals surface area contributed by atoms with Gasteiger partial charge in [-0.15, -0.1) is 0 Å². The molecule has 0 amide bonds. The fourth-order valence-electron chi connectivity index (χ4n) is 18.5. The van der Waals surface area contributed by atoms with Crippen molar-refractivity contribution in [1.29, 1.82) is 0 Å². The van der Waals surface area contributed by atoms with Crippen LogP contribution in [-0.2, 0) is 157 Å². The predicted octanol–water partition coefficient (Wildman–Crippen LogP) is 18.4. The molecule has 20 atom stereocenters. The highest BCUT2D eigenvalue weighted by atomic mass is 16.8. The molecule has 8 aliphatic carbocycles. The molecule has 35 nitrogen and oxygen atoms in total. The highest BCUT2D eigenvalue weighted by Crippen LogP contribution is 2.58. The maximum atomic E-state index is 12.1. The van der Waals surface area contributed by atoms with E-state index in [0.29, 0.717) is 79.6 Å². The average molecular weight is 2040 g/mol. The maximum Gasteiger partial charge on any atom is 0.509 e. The zero-order chi connectivity index (χ0) is 108. The van der Waals surface area contributed by atoms with Gasteiger partial charge in [-0.05, 0) is 295 Å². The lowest BCUT2D eigenvalue weighted by Gasteiger charge is -2.35. The highest BCUT2D eigenvalue weighted by molar-refractivity contribution is 5.82. The summed E-state index contributed by atoms with van der Waals surface area (Å²) >= 11 is 0. The van der Waals surface area contributed by atoms with Crippen molar-refractivity contribution >= 4 is 95.9 Å². The average Bonchev–Trinajstić information content (AvgIpc) is 1.57. The van der Waals surface area contributed by atoms with Crippen molar-refractivity contribution in [3.63, 3.8) is 0 Å². The molecule has 16 rings (SSSR count). The van der Waals surface area contributed by atoms with E-state index in [2.05, 4.69) is 28.4 Å². The molecule has 8 heterocycles. The van der Waals surface area contributed by atoms with E-state index in [4.69, 9.17) is 61.6 Å². The van der Waals surface area contributed by atoms with E-state index in [1.807, 2.05) is 166 Å². The van der Waals surface area contributed by atoms with Gasteiger partial charge in [-0.2, -0.15) is 0 Å². The lowest BCUT2D eigenvalue weighted by Crippen LogP contribution is -2.43. The summed E-state index contributed by atoms with van der Waals surface area (Å²) in [6, 6.07) is 0. The number of hydrogen-bond donors (Lipinski definition) is 0. The molecule has 0 spiro atoms. The van der Waals surface area contributed by atoms with Crippen LogP contribution in [0.1, 0.15) is 346 Å². The number of carbonyl (C=O) groups is 16. The van der Waals surface area contributed by atoms with Gasteiger partial charge in [0.25, 0.3) is 0 Å². The van der Waals surface area contributed by atoms with Crippen molar-refractivity contribution in [3.05, 3.63) is 0 Å². The highest BCUT2D eigenvalue weighted by Gasteiger charge is 2.64. The molecule has 8 saturated heterocycles. The van der Waals surface area contributed by atoms with E-state index in [0.717, 1.165) is 115 Å². The molecular formula is C108H178O35. The molecule has 8 aliphatic heterocycles. The smallest absolute Gasteiger partial charge is 0.469 e. The summed E-state index contributed by atoms with van der Waals surface area (Å²) in [6.45, 7) is 49.4. The van der Waals surface area contributed by atoms with E-state index in [9.17, 15) is 76.7 Å². The number of cyclic esters (lactones) is 6. The summed E-state index contributed by atoms with van der Waals surface area (Å²) in [6.07, 6.45) is 23.4. The molecule has 16 fully saturated rings. The summed E-state index contributed by atoms with van der Waals surface area (Å²) in [5, 5.41) is 0. The van der Waals surface area contributed by atoms with Crippen LogP contribution in [0, 0.1) is 114 Å². The zero-order valence-electron chi connectivity index (χ0n) is 92.1. The third-order valence-electron chi connectivity index (χ3n) is 31.7. The molecule has 0 N–H and O–H groups in total. The molecule has 16 aliphatic rings. The first kappa shape index (κ1) is 126. The quantitative estimate of drug-likeness (QED) is 0.0760. The van der Waals surface area contributed by atoms with Gasteiger partial charge in [-0.25, -0.2) is 9.59 Å². The summed E-state index contributed by atoms with van der Waals surface area (Å²) in [7, 11) is 8.92. The predicted molar refractivity (Wildman–Crippen MR) is 523 cm³/mol. The van der Waals surface area contributed by atoms with Crippen LogP contribution in [-0.4, -0.2) is 227 Å². The van der Waals surface area contributed by atoms with Gasteiger partial charge in [0.1, 0.15) is 62.0 Å². The van der Waals surface area contributed by atoms with E-state index in [1.54, 1.807) is 21.1 Å². The minimum atomic E-state index is -0.703. The van der Waals surface area contributed by atoms with E-state index >= 15 is 0 Å². The number of hydrogen-bond acceptors (Lipinski definition) is 35. The van der Waals surface area contributed by atoms with Gasteiger partial charge in [0.15, 0.2) is 6.10 Å². The van der Waals surface area contributed by atoms with Crippen molar-refractivity contribution in [1.82, 2.24) is 0 Å². The van der Waals surface area contributed by atoms with Gasteiger partial charge >= 0.3 is 95.9 Å². The Kier molecular flexibility index (Phi) is 50.2. The molecule has 20 unspecified atom stereocenters. The SMILES string of the molecule is CCC(C)(C)C(=O)OC.CCC(C)(C)C(=O)OC.CCC(C)(C)C(=O)OC.CCC(C)(C)C(=O)OC.CCC(C)(C)C(=O)OC1(C)CCOC(=O)C1.CCC(C)(C)C(=O)OC1C2CC3C(=O)OC1C3C2.CCC(C)(C)C(=O)OC1COC(=O)C1.CCC(C)(C)C(=O)OCC1COC(=O)O1.COC.O=C1OC2CCCC1C2.O=C1OC2CCCCC2O1.O=C1OCC2C3CCC(C3)C12.O=C1OCC2C3CCC(C3)C12. The van der Waals surface area contributed by atoms with Gasteiger partial charge in [0.05, 0.1) is 128 Å². The first-order valence-electron chi connectivity index (χ1n) is 52.0. The lowest BCUT2D eigenvalue weighted by atomic mass is 9.81. The van der Waals surface area contributed by atoms with Gasteiger partial charge in [-0.3, -0.25) is 67.1 Å². The van der Waals surface area contributed by atoms with Crippen molar-refractivity contribution < 1.29 is 167 Å². The van der Waals surface area contributed by atoms with Gasteiger partial charge < -0.3 is 90.0 Å². The van der Waals surface area contributed by atoms with Gasteiger partial charge in [-0.1, -0.05) is 55.4 Å². The monoisotopic (exact) mass is 2040 g/mol. The Labute approximate surface area is 850 Å². The second kappa shape index (κ2) is 56.9. The molecule has 820 valence electrons. The first-order chi connectivity index (χ1) is 66.7. The Balaban J connectivity index is 0.000000327. The second-order valence-electron chi connectivity index (χ2n) is 45.4. The normalized spacial score (nSPS) is 28.7. The summed E-state index contributed by atoms with van der Waals surface area (Å²) in [5.41, 5.74) is -3.87. The Morgan fingerprint density at radius 2 is 0.769 bits per heavy atom. The Morgan fingerprint density at radius 1 is 0.357 bits per heavy atom. The van der Waals surface area contributed by atoms with Crippen LogP contribution in [0.4, 0.5) is 9.59 Å². The summed E-state index contributed by atoms with van der Waals surface area (Å²) in [5.74, 6) is 3.96. The third-order valence-corrected chi connectivity index (χ3v) is 31.7. The molecule has 143 heavy (non-hydrogen) atoms. The fourth-order valence-corrected chi connectivity index (χ4v) is 18.5. The van der Waals surface area contributed by atoms with Crippen LogP contribution in [0.2, 0.25) is 0 Å². The van der Waals surface area contributed by atoms with Crippen molar-refractivity contribution in [2.24, 2.45) is 114 Å². The molecule has 8 bridgehead atoms. The van der Waals surface area contributed by atoms with Crippen molar-refractivity contribution in [2.75, 3.05) is 82.3 Å². The van der Waals surface area contributed by atoms with Crippen LogP contribution < -0.4 is 0 Å². The van der Waals surface area contributed by atoms with Gasteiger partial charge in [0.2, 0.25) is 0 Å². The molecule has 35 heteroatoms. The minimum absolute atomic E-state index is 0.0532. The zero-order valence-corrected chi connectivity index (χ0v) is 92.1. The largest absolute Gasteiger partial charge is 0.509 e. The number of carbonyl (C=O) groups excluding carboxylic acids is 16. The number of esters is 14. The topological polar surface area (TPSA) is 448 Å². The van der Waals surface area contributed by atoms with E-state index < -0.39 is 45.7 Å². The Hall–Kier alpha value is -8.92. The maximum absolute atomic E-state index is 12.1. The second-order valence-corrected chi connectivity index (χ2v) is 45.4. The first-order valence-corrected chi connectivity index (χ1v) is 52.0. The number of rotatable bonds is 21. The third kappa shape index (κ3) is 37.2. The number of ether oxygens (including phenoxy) is 19. The Bertz CT molecular complexity index is 4000. The van der Waals surface area contributed by atoms with Crippen LogP contribution in [0.3, 0.4) is 0 Å². The molecule has 0 radical (unpaired) electrons. The summed E-state index contributed by atoms with van der Waals surface area (Å²) < 4.78 is 93.0. The van der Waals surface area contributed by atoms with Crippen molar-refractivity contribution in [2.45, 2.75) is 395 Å². The van der Waals surface area contributed by atoms with Crippen LogP contribution >= 0.6 is 0 Å². The van der Waals surface area contributed by atoms with Crippen LogP contribution in [0.25, 0.3) is 0 Å². The van der Waals surface area contributed by atoms with Crippen molar-refractivity contribution in [3.8, 4) is 0 Å². The molecule has 8 saturated carbocycles. The number of methoxy groups -OCH3 is 5. The molecule has 0 aromatic rings. The minimum Gasteiger partial charge on any atom is -0.469 e. The molecule has 0 aromatic heterocycles. The van der Waals surface area contributed by atoms with Gasteiger partial charge in [0, 0.05) is 44.3 Å². The van der Waals surface area contributed by atoms with E-state index in [1.165, 1.54) is 73.4 Å². The molecule has 0 aromatic carbocycles.